The maximum Gasteiger partial charge on any atom is 0.416 e. The average Bonchev–Trinajstić information content (AvgIpc) is 2.16. The largest absolute Gasteiger partial charge is 0.416 e. The molecule has 0 aliphatic carbocycles. The molecule has 0 saturated carbocycles. The summed E-state index contributed by atoms with van der Waals surface area (Å²) in [4.78, 5) is 11.6. The van der Waals surface area contributed by atoms with Gasteiger partial charge in [-0.05, 0) is 39.0 Å². The van der Waals surface area contributed by atoms with Gasteiger partial charge in [0.25, 0.3) is 0 Å². The molecule has 7 heteroatoms. The first kappa shape index (κ1) is 15.6. The fraction of sp³-hybridized carbons (Fsp3) is 0.417. The first-order valence-corrected chi connectivity index (χ1v) is 5.83. The summed E-state index contributed by atoms with van der Waals surface area (Å²) in [6.45, 7) is 5.25. The van der Waals surface area contributed by atoms with Crippen LogP contribution in [0.2, 0.25) is 5.02 Å². The van der Waals surface area contributed by atoms with Crippen molar-refractivity contribution in [3.05, 3.63) is 28.8 Å². The number of hydrogen-bond donors (Lipinski definition) is 2. The van der Waals surface area contributed by atoms with Crippen LogP contribution in [-0.2, 0) is 6.18 Å². The molecule has 0 radical (unpaired) electrons. The molecule has 106 valence electrons. The van der Waals surface area contributed by atoms with Crippen LogP contribution >= 0.6 is 11.6 Å². The lowest BCUT2D eigenvalue weighted by molar-refractivity contribution is -0.137. The van der Waals surface area contributed by atoms with E-state index < -0.39 is 23.3 Å². The van der Waals surface area contributed by atoms with Crippen molar-refractivity contribution < 1.29 is 18.0 Å². The highest BCUT2D eigenvalue weighted by Crippen LogP contribution is 2.33. The SMILES string of the molecule is CC(C)(C)NC(=O)Nc1cc(C(F)(F)F)ccc1Cl. The van der Waals surface area contributed by atoms with Crippen molar-refractivity contribution in [3.8, 4) is 0 Å². The summed E-state index contributed by atoms with van der Waals surface area (Å²) in [7, 11) is 0. The molecule has 0 saturated heterocycles. The highest BCUT2D eigenvalue weighted by Gasteiger charge is 2.31. The number of urea groups is 1. The maximum absolute atomic E-state index is 12.5. The van der Waals surface area contributed by atoms with E-state index >= 15 is 0 Å². The summed E-state index contributed by atoms with van der Waals surface area (Å²) in [6.07, 6.45) is -4.48. The van der Waals surface area contributed by atoms with E-state index in [1.807, 2.05) is 0 Å². The van der Waals surface area contributed by atoms with Crippen molar-refractivity contribution in [2.24, 2.45) is 0 Å². The lowest BCUT2D eigenvalue weighted by atomic mass is 10.1. The number of anilines is 1. The number of rotatable bonds is 1. The van der Waals surface area contributed by atoms with Gasteiger partial charge < -0.3 is 10.6 Å². The van der Waals surface area contributed by atoms with Gasteiger partial charge in [-0.1, -0.05) is 11.6 Å². The van der Waals surface area contributed by atoms with E-state index in [-0.39, 0.29) is 10.7 Å². The average molecular weight is 295 g/mol. The second-order valence-corrected chi connectivity index (χ2v) is 5.43. The second kappa shape index (κ2) is 5.28. The van der Waals surface area contributed by atoms with E-state index in [1.165, 1.54) is 0 Å². The zero-order valence-corrected chi connectivity index (χ0v) is 11.4. The van der Waals surface area contributed by atoms with Gasteiger partial charge in [0.2, 0.25) is 0 Å². The molecule has 1 aromatic rings. The molecule has 0 spiro atoms. The van der Waals surface area contributed by atoms with E-state index in [1.54, 1.807) is 20.8 Å². The van der Waals surface area contributed by atoms with Crippen LogP contribution in [-0.4, -0.2) is 11.6 Å². The molecular weight excluding hydrogens is 281 g/mol. The zero-order chi connectivity index (χ0) is 14.8. The molecule has 2 amide bonds. The van der Waals surface area contributed by atoms with Gasteiger partial charge in [0.1, 0.15) is 0 Å². The Morgan fingerprint density at radius 2 is 1.79 bits per heavy atom. The van der Waals surface area contributed by atoms with E-state index in [9.17, 15) is 18.0 Å². The summed E-state index contributed by atoms with van der Waals surface area (Å²) >= 11 is 5.75. The molecule has 2 N–H and O–H groups in total. The maximum atomic E-state index is 12.5. The Labute approximate surface area is 114 Å². The lowest BCUT2D eigenvalue weighted by Crippen LogP contribution is -2.43. The van der Waals surface area contributed by atoms with Gasteiger partial charge in [0.05, 0.1) is 16.3 Å². The monoisotopic (exact) mass is 294 g/mol. The summed E-state index contributed by atoms with van der Waals surface area (Å²) in [5.41, 5.74) is -1.46. The smallest absolute Gasteiger partial charge is 0.333 e. The van der Waals surface area contributed by atoms with Crippen molar-refractivity contribution in [1.29, 1.82) is 0 Å². The van der Waals surface area contributed by atoms with Gasteiger partial charge in [-0.15, -0.1) is 0 Å². The summed E-state index contributed by atoms with van der Waals surface area (Å²) in [5.74, 6) is 0. The Bertz CT molecular complexity index is 481. The molecule has 19 heavy (non-hydrogen) atoms. The van der Waals surface area contributed by atoms with Gasteiger partial charge in [-0.2, -0.15) is 13.2 Å². The number of carbonyl (C=O) groups is 1. The van der Waals surface area contributed by atoms with Gasteiger partial charge in [-0.25, -0.2) is 4.79 Å². The predicted molar refractivity (Wildman–Crippen MR) is 68.4 cm³/mol. The number of halogens is 4. The number of hydrogen-bond acceptors (Lipinski definition) is 1. The normalized spacial score (nSPS) is 12.2. The number of carbonyl (C=O) groups excluding carboxylic acids is 1. The molecule has 1 aromatic carbocycles. The molecule has 0 unspecified atom stereocenters. The van der Waals surface area contributed by atoms with E-state index in [0.717, 1.165) is 18.2 Å². The highest BCUT2D eigenvalue weighted by atomic mass is 35.5. The van der Waals surface area contributed by atoms with Crippen molar-refractivity contribution >= 4 is 23.3 Å². The lowest BCUT2D eigenvalue weighted by Gasteiger charge is -2.21. The quantitative estimate of drug-likeness (QED) is 0.797. The number of alkyl halides is 3. The fourth-order valence-electron chi connectivity index (χ4n) is 1.29. The van der Waals surface area contributed by atoms with Crippen molar-refractivity contribution in [1.82, 2.24) is 5.32 Å². The Hall–Kier alpha value is -1.43. The molecule has 0 heterocycles. The molecular formula is C12H14ClF3N2O. The van der Waals surface area contributed by atoms with E-state index in [0.29, 0.717) is 0 Å². The Balaban J connectivity index is 2.92. The van der Waals surface area contributed by atoms with Crippen LogP contribution in [0.3, 0.4) is 0 Å². The molecule has 0 atom stereocenters. The molecule has 0 aliphatic rings. The number of benzene rings is 1. The van der Waals surface area contributed by atoms with Crippen LogP contribution in [0, 0.1) is 0 Å². The molecule has 0 aliphatic heterocycles. The minimum absolute atomic E-state index is 0.0389. The third kappa shape index (κ3) is 4.98. The molecule has 3 nitrogen and oxygen atoms in total. The second-order valence-electron chi connectivity index (χ2n) is 5.02. The summed E-state index contributed by atoms with van der Waals surface area (Å²) < 4.78 is 37.6. The third-order valence-corrected chi connectivity index (χ3v) is 2.36. The Morgan fingerprint density at radius 3 is 2.26 bits per heavy atom. The zero-order valence-electron chi connectivity index (χ0n) is 10.7. The summed E-state index contributed by atoms with van der Waals surface area (Å²) in [5, 5.41) is 4.90. The number of nitrogens with one attached hydrogen (secondary N) is 2. The van der Waals surface area contributed by atoms with Gasteiger partial charge in [0, 0.05) is 5.54 Å². The molecule has 0 bridgehead atoms. The van der Waals surface area contributed by atoms with Crippen LogP contribution in [0.25, 0.3) is 0 Å². The van der Waals surface area contributed by atoms with Gasteiger partial charge in [0.15, 0.2) is 0 Å². The van der Waals surface area contributed by atoms with Crippen molar-refractivity contribution in [3.63, 3.8) is 0 Å². The van der Waals surface area contributed by atoms with E-state index in [4.69, 9.17) is 11.6 Å². The summed E-state index contributed by atoms with van der Waals surface area (Å²) in [6, 6.07) is 2.13. The van der Waals surface area contributed by atoms with E-state index in [2.05, 4.69) is 10.6 Å². The Morgan fingerprint density at radius 1 is 1.21 bits per heavy atom. The molecule has 1 rings (SSSR count). The van der Waals surface area contributed by atoms with Crippen molar-refractivity contribution in [2.45, 2.75) is 32.5 Å². The third-order valence-electron chi connectivity index (χ3n) is 2.03. The van der Waals surface area contributed by atoms with Crippen LogP contribution in [0.1, 0.15) is 26.3 Å². The minimum Gasteiger partial charge on any atom is -0.333 e. The van der Waals surface area contributed by atoms with Crippen LogP contribution in [0.15, 0.2) is 18.2 Å². The van der Waals surface area contributed by atoms with Crippen LogP contribution in [0.4, 0.5) is 23.7 Å². The van der Waals surface area contributed by atoms with Crippen LogP contribution < -0.4 is 10.6 Å². The van der Waals surface area contributed by atoms with Crippen molar-refractivity contribution in [2.75, 3.05) is 5.32 Å². The first-order valence-electron chi connectivity index (χ1n) is 5.45. The predicted octanol–water partition coefficient (Wildman–Crippen LogP) is 4.28. The first-order chi connectivity index (χ1) is 8.49. The molecule has 0 aromatic heterocycles. The molecule has 0 fully saturated rings. The van der Waals surface area contributed by atoms with Gasteiger partial charge in [-0.3, -0.25) is 0 Å². The Kier molecular flexibility index (Phi) is 4.35. The number of amides is 2. The fourth-order valence-corrected chi connectivity index (χ4v) is 1.46. The topological polar surface area (TPSA) is 41.1 Å². The van der Waals surface area contributed by atoms with Crippen LogP contribution in [0.5, 0.6) is 0 Å². The standard InChI is InChI=1S/C12H14ClF3N2O/c1-11(2,3)18-10(19)17-9-6-7(12(14,15)16)4-5-8(9)13/h4-6H,1-3H3,(H2,17,18,19). The minimum atomic E-state index is -4.48. The van der Waals surface area contributed by atoms with Gasteiger partial charge >= 0.3 is 12.2 Å². The highest BCUT2D eigenvalue weighted by molar-refractivity contribution is 6.33.